The zero-order chi connectivity index (χ0) is 16.0. The summed E-state index contributed by atoms with van der Waals surface area (Å²) in [6, 6.07) is 4.53. The number of halogens is 4. The Kier molecular flexibility index (Phi) is 6.61. The van der Waals surface area contributed by atoms with Crippen molar-refractivity contribution < 1.29 is 17.6 Å². The molecular weight excluding hydrogens is 284 g/mol. The predicted octanol–water partition coefficient (Wildman–Crippen LogP) is 3.88. The molecule has 1 rings (SSSR count). The lowest BCUT2D eigenvalue weighted by Crippen LogP contribution is -2.45. The standard InChI is InChI=1S/C15H22F4N2/c1-3-8-21(10-15(17,18)19)14(13(20)4-2)11-6-5-7-12(16)9-11/h5-7,9,13-14H,3-4,8,10,20H2,1-2H3. The molecule has 2 unspecified atom stereocenters. The monoisotopic (exact) mass is 306 g/mol. The van der Waals surface area contributed by atoms with Crippen molar-refractivity contribution in [3.05, 3.63) is 35.6 Å². The minimum atomic E-state index is -4.31. The van der Waals surface area contributed by atoms with Crippen molar-refractivity contribution in [2.24, 2.45) is 5.73 Å². The second-order valence-corrected chi connectivity index (χ2v) is 5.16. The van der Waals surface area contributed by atoms with E-state index >= 15 is 0 Å². The number of nitrogens with two attached hydrogens (primary N) is 1. The van der Waals surface area contributed by atoms with Gasteiger partial charge in [0.15, 0.2) is 0 Å². The molecule has 0 heterocycles. The van der Waals surface area contributed by atoms with Crippen LogP contribution in [-0.4, -0.2) is 30.2 Å². The first-order chi connectivity index (χ1) is 9.78. The lowest BCUT2D eigenvalue weighted by Gasteiger charge is -2.36. The smallest absolute Gasteiger partial charge is 0.326 e. The first-order valence-electron chi connectivity index (χ1n) is 7.10. The number of hydrogen-bond donors (Lipinski definition) is 1. The minimum absolute atomic E-state index is 0.258. The Hall–Kier alpha value is -1.14. The van der Waals surface area contributed by atoms with Crippen LogP contribution in [0.4, 0.5) is 17.6 Å². The van der Waals surface area contributed by atoms with Gasteiger partial charge in [-0.2, -0.15) is 13.2 Å². The van der Waals surface area contributed by atoms with Gasteiger partial charge in [-0.05, 0) is 37.1 Å². The van der Waals surface area contributed by atoms with Gasteiger partial charge >= 0.3 is 6.18 Å². The highest BCUT2D eigenvalue weighted by Crippen LogP contribution is 2.29. The first kappa shape index (κ1) is 17.9. The van der Waals surface area contributed by atoms with Gasteiger partial charge in [-0.3, -0.25) is 4.90 Å². The largest absolute Gasteiger partial charge is 0.401 e. The summed E-state index contributed by atoms with van der Waals surface area (Å²) in [5.74, 6) is -0.468. The topological polar surface area (TPSA) is 29.3 Å². The van der Waals surface area contributed by atoms with Crippen LogP contribution in [0.25, 0.3) is 0 Å². The minimum Gasteiger partial charge on any atom is -0.326 e. The summed E-state index contributed by atoms with van der Waals surface area (Å²) in [5.41, 5.74) is 6.51. The molecule has 0 fully saturated rings. The van der Waals surface area contributed by atoms with E-state index in [0.29, 0.717) is 18.4 Å². The highest BCUT2D eigenvalue weighted by atomic mass is 19.4. The maximum absolute atomic E-state index is 13.4. The molecular formula is C15H22F4N2. The lowest BCUT2D eigenvalue weighted by atomic mass is 9.96. The summed E-state index contributed by atoms with van der Waals surface area (Å²) in [7, 11) is 0. The van der Waals surface area contributed by atoms with E-state index in [2.05, 4.69) is 0 Å². The Morgan fingerprint density at radius 3 is 2.38 bits per heavy atom. The molecule has 0 saturated heterocycles. The average molecular weight is 306 g/mol. The zero-order valence-corrected chi connectivity index (χ0v) is 12.3. The van der Waals surface area contributed by atoms with E-state index < -0.39 is 30.6 Å². The molecule has 21 heavy (non-hydrogen) atoms. The van der Waals surface area contributed by atoms with E-state index in [4.69, 9.17) is 5.73 Å². The van der Waals surface area contributed by atoms with Crippen LogP contribution in [0.5, 0.6) is 0 Å². The molecule has 1 aromatic carbocycles. The van der Waals surface area contributed by atoms with Crippen LogP contribution >= 0.6 is 0 Å². The fraction of sp³-hybridized carbons (Fsp3) is 0.600. The summed E-state index contributed by atoms with van der Waals surface area (Å²) >= 11 is 0. The number of hydrogen-bond acceptors (Lipinski definition) is 2. The van der Waals surface area contributed by atoms with Crippen molar-refractivity contribution in [3.63, 3.8) is 0 Å². The van der Waals surface area contributed by atoms with E-state index in [1.54, 1.807) is 6.07 Å². The van der Waals surface area contributed by atoms with Crippen LogP contribution in [0, 0.1) is 5.82 Å². The normalized spacial score (nSPS) is 15.2. The predicted molar refractivity (Wildman–Crippen MR) is 75.3 cm³/mol. The maximum Gasteiger partial charge on any atom is 0.401 e. The van der Waals surface area contributed by atoms with E-state index in [0.717, 1.165) is 0 Å². The van der Waals surface area contributed by atoms with Crippen LogP contribution in [0.15, 0.2) is 24.3 Å². The van der Waals surface area contributed by atoms with E-state index in [-0.39, 0.29) is 6.54 Å². The molecule has 0 aliphatic rings. The van der Waals surface area contributed by atoms with Gasteiger partial charge in [0.1, 0.15) is 5.82 Å². The second kappa shape index (κ2) is 7.75. The molecule has 6 heteroatoms. The van der Waals surface area contributed by atoms with E-state index in [9.17, 15) is 17.6 Å². The third-order valence-corrected chi connectivity index (χ3v) is 3.35. The Bertz CT molecular complexity index is 434. The fourth-order valence-corrected chi connectivity index (χ4v) is 2.48. The van der Waals surface area contributed by atoms with Crippen molar-refractivity contribution in [2.75, 3.05) is 13.1 Å². The van der Waals surface area contributed by atoms with Crippen molar-refractivity contribution in [3.8, 4) is 0 Å². The molecule has 0 aliphatic carbocycles. The maximum atomic E-state index is 13.4. The van der Waals surface area contributed by atoms with Crippen LogP contribution in [0.1, 0.15) is 38.3 Å². The third-order valence-electron chi connectivity index (χ3n) is 3.35. The Morgan fingerprint density at radius 2 is 1.90 bits per heavy atom. The summed E-state index contributed by atoms with van der Waals surface area (Å²) in [6.45, 7) is 2.84. The van der Waals surface area contributed by atoms with Crippen molar-refractivity contribution in [1.29, 1.82) is 0 Å². The number of nitrogens with zero attached hydrogens (tertiary/aromatic N) is 1. The Balaban J connectivity index is 3.13. The first-order valence-corrected chi connectivity index (χ1v) is 7.10. The molecule has 2 atom stereocenters. The highest BCUT2D eigenvalue weighted by molar-refractivity contribution is 5.22. The van der Waals surface area contributed by atoms with Gasteiger partial charge in [-0.1, -0.05) is 26.0 Å². The molecule has 0 spiro atoms. The molecule has 0 aliphatic heterocycles. The molecule has 0 amide bonds. The molecule has 2 nitrogen and oxygen atoms in total. The number of alkyl halides is 3. The van der Waals surface area contributed by atoms with Gasteiger partial charge in [0.2, 0.25) is 0 Å². The van der Waals surface area contributed by atoms with Crippen LogP contribution < -0.4 is 5.73 Å². The van der Waals surface area contributed by atoms with E-state index in [1.807, 2.05) is 13.8 Å². The molecule has 0 radical (unpaired) electrons. The van der Waals surface area contributed by atoms with Gasteiger partial charge in [0, 0.05) is 6.04 Å². The van der Waals surface area contributed by atoms with Crippen LogP contribution in [-0.2, 0) is 0 Å². The fourth-order valence-electron chi connectivity index (χ4n) is 2.48. The second-order valence-electron chi connectivity index (χ2n) is 5.16. The van der Waals surface area contributed by atoms with Crippen LogP contribution in [0.2, 0.25) is 0 Å². The number of rotatable bonds is 7. The van der Waals surface area contributed by atoms with Crippen LogP contribution in [0.3, 0.4) is 0 Å². The quantitative estimate of drug-likeness (QED) is 0.775. The Morgan fingerprint density at radius 1 is 1.24 bits per heavy atom. The summed E-state index contributed by atoms with van der Waals surface area (Å²) in [4.78, 5) is 1.29. The van der Waals surface area contributed by atoms with Gasteiger partial charge in [0.25, 0.3) is 0 Å². The zero-order valence-electron chi connectivity index (χ0n) is 12.3. The molecule has 0 bridgehead atoms. The molecule has 1 aromatic rings. The summed E-state index contributed by atoms with van der Waals surface area (Å²) in [6.07, 6.45) is -3.23. The highest BCUT2D eigenvalue weighted by Gasteiger charge is 2.35. The van der Waals surface area contributed by atoms with Gasteiger partial charge < -0.3 is 5.73 Å². The number of benzene rings is 1. The molecule has 120 valence electrons. The molecule has 0 aromatic heterocycles. The SMILES string of the molecule is CCCN(CC(F)(F)F)C(c1cccc(F)c1)C(N)CC. The Labute approximate surface area is 122 Å². The van der Waals surface area contributed by atoms with Gasteiger partial charge in [0.05, 0.1) is 12.6 Å². The summed E-state index contributed by atoms with van der Waals surface area (Å²) < 4.78 is 51.8. The van der Waals surface area contributed by atoms with Gasteiger partial charge in [-0.15, -0.1) is 0 Å². The average Bonchev–Trinajstić information content (AvgIpc) is 2.37. The van der Waals surface area contributed by atoms with Crippen molar-refractivity contribution in [2.45, 2.75) is 44.9 Å². The van der Waals surface area contributed by atoms with Crippen molar-refractivity contribution in [1.82, 2.24) is 4.90 Å². The van der Waals surface area contributed by atoms with Gasteiger partial charge in [-0.25, -0.2) is 4.39 Å². The summed E-state index contributed by atoms with van der Waals surface area (Å²) in [5, 5.41) is 0. The lowest BCUT2D eigenvalue weighted by molar-refractivity contribution is -0.152. The third kappa shape index (κ3) is 5.63. The van der Waals surface area contributed by atoms with E-state index in [1.165, 1.54) is 23.1 Å². The molecule has 2 N–H and O–H groups in total. The molecule has 0 saturated carbocycles. The van der Waals surface area contributed by atoms with Crippen molar-refractivity contribution >= 4 is 0 Å².